The molecule has 4 heteroatoms. The minimum Gasteiger partial charge on any atom is -0.456 e. The van der Waals surface area contributed by atoms with E-state index in [4.69, 9.17) is 4.42 Å². The molecule has 52 heavy (non-hydrogen) atoms. The molecule has 1 aliphatic rings. The number of rotatable bonds is 4. The lowest BCUT2D eigenvalue weighted by Gasteiger charge is -2.29. The predicted octanol–water partition coefficient (Wildman–Crippen LogP) is 13.0. The van der Waals surface area contributed by atoms with Crippen molar-refractivity contribution < 1.29 is 4.42 Å². The molecule has 0 aliphatic carbocycles. The highest BCUT2D eigenvalue weighted by Gasteiger charge is 2.41. The first-order chi connectivity index (χ1) is 25.6. The number of nitrogens with zero attached hydrogens (tertiary/aromatic N) is 1. The van der Waals surface area contributed by atoms with Gasteiger partial charge in [0.05, 0.1) is 16.8 Å². The summed E-state index contributed by atoms with van der Waals surface area (Å²) in [4.78, 5) is 2.50. The molecule has 0 radical (unpaired) electrons. The van der Waals surface area contributed by atoms with Gasteiger partial charge >= 0.3 is 0 Å². The third kappa shape index (κ3) is 4.16. The van der Waals surface area contributed by atoms with Crippen molar-refractivity contribution in [3.8, 4) is 22.3 Å². The van der Waals surface area contributed by atoms with E-state index < -0.39 is 8.07 Å². The van der Waals surface area contributed by atoms with Crippen LogP contribution >= 0.6 is 11.3 Å². The minimum atomic E-state index is -2.03. The van der Waals surface area contributed by atoms with Gasteiger partial charge < -0.3 is 9.32 Å². The summed E-state index contributed by atoms with van der Waals surface area (Å²) in [6, 6.07) is 60.1. The molecular weight excluding hydrogens is 667 g/mol. The summed E-state index contributed by atoms with van der Waals surface area (Å²) >= 11 is 1.94. The Morgan fingerprint density at radius 3 is 2.06 bits per heavy atom. The lowest BCUT2D eigenvalue weighted by molar-refractivity contribution is 0.669. The van der Waals surface area contributed by atoms with Gasteiger partial charge in [-0.15, -0.1) is 11.3 Å². The molecule has 2 aromatic heterocycles. The molecule has 8 aromatic carbocycles. The van der Waals surface area contributed by atoms with Crippen LogP contribution in [0.1, 0.15) is 0 Å². The standard InChI is InChI=1S/C48H33NOSSi/c1-52(2)43-23-11-19-39(46(43)47-44(52)29-28-36-35-15-6-8-22-42(35)51-48(36)47)49(38-18-10-21-41-45(38)37-16-5-7-20-40(37)50-41)32-26-24-31(25-27-32)34-17-9-13-30-12-3-4-14-33(30)34/h3-29H,1-2H3. The first-order valence-corrected chi connectivity index (χ1v) is 21.7. The maximum atomic E-state index is 6.49. The fourth-order valence-electron chi connectivity index (χ4n) is 8.83. The van der Waals surface area contributed by atoms with E-state index in [-0.39, 0.29) is 0 Å². The van der Waals surface area contributed by atoms with Gasteiger partial charge in [-0.3, -0.25) is 0 Å². The Morgan fingerprint density at radius 1 is 0.500 bits per heavy atom. The molecular formula is C48H33NOSSi. The Balaban J connectivity index is 1.21. The average Bonchev–Trinajstić information content (AvgIpc) is 3.83. The van der Waals surface area contributed by atoms with Crippen LogP contribution in [-0.2, 0) is 0 Å². The SMILES string of the molecule is C[Si]1(C)c2cccc(N(c3ccc(-c4cccc5ccccc45)cc3)c3cccc4oc5ccccc5c34)c2-c2c1ccc1c2sc2ccccc21. The van der Waals surface area contributed by atoms with Gasteiger partial charge in [0, 0.05) is 42.4 Å². The van der Waals surface area contributed by atoms with E-state index in [2.05, 4.69) is 182 Å². The minimum absolute atomic E-state index is 0.894. The number of anilines is 3. The van der Waals surface area contributed by atoms with E-state index in [9.17, 15) is 0 Å². The molecule has 0 saturated carbocycles. The lowest BCUT2D eigenvalue weighted by atomic mass is 9.97. The molecule has 0 saturated heterocycles. The third-order valence-electron chi connectivity index (χ3n) is 11.3. The summed E-state index contributed by atoms with van der Waals surface area (Å²) in [5.74, 6) is 0. The van der Waals surface area contributed by atoms with Gasteiger partial charge in [0.15, 0.2) is 0 Å². The molecule has 1 aliphatic heterocycles. The maximum absolute atomic E-state index is 6.49. The van der Waals surface area contributed by atoms with Crippen LogP contribution in [0.25, 0.3) is 75.1 Å². The van der Waals surface area contributed by atoms with E-state index in [0.717, 1.165) is 33.3 Å². The number of hydrogen-bond donors (Lipinski definition) is 0. The zero-order valence-electron chi connectivity index (χ0n) is 28.9. The largest absolute Gasteiger partial charge is 0.456 e. The Morgan fingerprint density at radius 2 is 1.17 bits per heavy atom. The summed E-state index contributed by atoms with van der Waals surface area (Å²) in [5, 5.41) is 10.5. The molecule has 0 N–H and O–H groups in total. The summed E-state index contributed by atoms with van der Waals surface area (Å²) < 4.78 is 9.22. The fourth-order valence-corrected chi connectivity index (χ4v) is 13.2. The third-order valence-corrected chi connectivity index (χ3v) is 16.0. The summed E-state index contributed by atoms with van der Waals surface area (Å²) in [7, 11) is -2.03. The van der Waals surface area contributed by atoms with Crippen LogP contribution in [0.2, 0.25) is 13.1 Å². The number of para-hydroxylation sites is 1. The van der Waals surface area contributed by atoms with E-state index in [1.165, 1.54) is 69.3 Å². The van der Waals surface area contributed by atoms with Gasteiger partial charge in [0.1, 0.15) is 19.2 Å². The molecule has 0 unspecified atom stereocenters. The van der Waals surface area contributed by atoms with Crippen molar-refractivity contribution in [1.29, 1.82) is 0 Å². The monoisotopic (exact) mass is 699 g/mol. The molecule has 10 aromatic rings. The van der Waals surface area contributed by atoms with Gasteiger partial charge in [-0.25, -0.2) is 0 Å². The topological polar surface area (TPSA) is 16.4 Å². The van der Waals surface area contributed by atoms with E-state index in [1.807, 2.05) is 11.3 Å². The second kappa shape index (κ2) is 11.0. The molecule has 11 rings (SSSR count). The maximum Gasteiger partial charge on any atom is 0.137 e. The Labute approximate surface area is 306 Å². The van der Waals surface area contributed by atoms with Crippen molar-refractivity contribution in [1.82, 2.24) is 0 Å². The number of furan rings is 1. The van der Waals surface area contributed by atoms with Crippen LogP contribution in [0.15, 0.2) is 168 Å². The predicted molar refractivity (Wildman–Crippen MR) is 226 cm³/mol. The van der Waals surface area contributed by atoms with E-state index >= 15 is 0 Å². The Kier molecular flexibility index (Phi) is 6.31. The van der Waals surface area contributed by atoms with Gasteiger partial charge in [0.2, 0.25) is 0 Å². The Bertz CT molecular complexity index is 3050. The zero-order valence-corrected chi connectivity index (χ0v) is 30.7. The molecule has 0 atom stereocenters. The second-order valence-electron chi connectivity index (χ2n) is 14.4. The van der Waals surface area contributed by atoms with Crippen LogP contribution in [0.4, 0.5) is 17.1 Å². The number of benzene rings is 8. The number of fused-ring (bicyclic) bond motifs is 11. The number of hydrogen-bond acceptors (Lipinski definition) is 3. The summed E-state index contributed by atoms with van der Waals surface area (Å²) in [6.45, 7) is 5.04. The van der Waals surface area contributed by atoms with Crippen molar-refractivity contribution in [3.05, 3.63) is 164 Å². The summed E-state index contributed by atoms with van der Waals surface area (Å²) in [6.07, 6.45) is 0. The quantitative estimate of drug-likeness (QED) is 0.170. The Hall–Kier alpha value is -5.94. The highest BCUT2D eigenvalue weighted by Crippen LogP contribution is 2.50. The molecule has 246 valence electrons. The normalized spacial score (nSPS) is 13.3. The van der Waals surface area contributed by atoms with E-state index in [0.29, 0.717) is 0 Å². The van der Waals surface area contributed by atoms with Crippen LogP contribution in [0.3, 0.4) is 0 Å². The summed E-state index contributed by atoms with van der Waals surface area (Å²) in [5.41, 5.74) is 10.5. The highest BCUT2D eigenvalue weighted by molar-refractivity contribution is 7.26. The second-order valence-corrected chi connectivity index (χ2v) is 19.8. The van der Waals surface area contributed by atoms with Crippen molar-refractivity contribution in [2.75, 3.05) is 4.90 Å². The molecule has 3 heterocycles. The van der Waals surface area contributed by atoms with Crippen molar-refractivity contribution in [2.45, 2.75) is 13.1 Å². The zero-order chi connectivity index (χ0) is 34.6. The van der Waals surface area contributed by atoms with Crippen molar-refractivity contribution in [2.24, 2.45) is 0 Å². The molecule has 0 spiro atoms. The van der Waals surface area contributed by atoms with Gasteiger partial charge in [-0.05, 0) is 74.7 Å². The highest BCUT2D eigenvalue weighted by atomic mass is 32.1. The van der Waals surface area contributed by atoms with Gasteiger partial charge in [-0.1, -0.05) is 134 Å². The van der Waals surface area contributed by atoms with Crippen molar-refractivity contribution in [3.63, 3.8) is 0 Å². The van der Waals surface area contributed by atoms with Crippen LogP contribution in [-0.4, -0.2) is 8.07 Å². The molecule has 2 nitrogen and oxygen atoms in total. The van der Waals surface area contributed by atoms with Crippen LogP contribution in [0.5, 0.6) is 0 Å². The first-order valence-electron chi connectivity index (χ1n) is 17.9. The number of thiophene rings is 1. The fraction of sp³-hybridized carbons (Fsp3) is 0.0417. The molecule has 0 amide bonds. The molecule has 0 fully saturated rings. The van der Waals surface area contributed by atoms with Crippen molar-refractivity contribution >= 4 is 99.7 Å². The first kappa shape index (κ1) is 29.8. The van der Waals surface area contributed by atoms with Gasteiger partial charge in [-0.2, -0.15) is 0 Å². The molecule has 0 bridgehead atoms. The van der Waals surface area contributed by atoms with Gasteiger partial charge in [0.25, 0.3) is 0 Å². The van der Waals surface area contributed by atoms with Crippen LogP contribution in [0, 0.1) is 0 Å². The lowest BCUT2D eigenvalue weighted by Crippen LogP contribution is -2.49. The van der Waals surface area contributed by atoms with Crippen LogP contribution < -0.4 is 15.3 Å². The average molecular weight is 700 g/mol. The smallest absolute Gasteiger partial charge is 0.137 e. The van der Waals surface area contributed by atoms with E-state index in [1.54, 1.807) is 0 Å².